The molecule has 1 aromatic heterocycles. The number of likely N-dealkylation sites (tertiary alicyclic amines) is 1. The normalized spacial score (nSPS) is 24.8. The van der Waals surface area contributed by atoms with Crippen molar-refractivity contribution in [3.63, 3.8) is 0 Å². The van der Waals surface area contributed by atoms with Crippen molar-refractivity contribution in [3.05, 3.63) is 41.7 Å². The molecule has 0 saturated carbocycles. The first-order chi connectivity index (χ1) is 11.1. The first-order valence-electron chi connectivity index (χ1n) is 8.65. The summed E-state index contributed by atoms with van der Waals surface area (Å²) in [7, 11) is 1.98. The van der Waals surface area contributed by atoms with Gasteiger partial charge < -0.3 is 5.32 Å². The molecule has 0 amide bonds. The van der Waals surface area contributed by atoms with Crippen LogP contribution in [0.1, 0.15) is 24.0 Å². The standard InChI is InChI=1S/C19H26N4/c1-15-3-4-16(18(9-15)17-10-21-22(2)11-17)12-23-8-6-19(14-23)5-7-20-13-19/h3-4,9-11,20H,5-8,12-14H2,1-2H3. The Morgan fingerprint density at radius 1 is 1.30 bits per heavy atom. The molecule has 0 radical (unpaired) electrons. The van der Waals surface area contributed by atoms with Gasteiger partial charge in [0.1, 0.15) is 0 Å². The van der Waals surface area contributed by atoms with Crippen LogP contribution in [0.25, 0.3) is 11.1 Å². The quantitative estimate of drug-likeness (QED) is 0.946. The summed E-state index contributed by atoms with van der Waals surface area (Å²) in [4.78, 5) is 2.64. The summed E-state index contributed by atoms with van der Waals surface area (Å²) in [6.07, 6.45) is 6.77. The minimum Gasteiger partial charge on any atom is -0.316 e. The first kappa shape index (κ1) is 14.9. The fourth-order valence-corrected chi connectivity index (χ4v) is 4.20. The van der Waals surface area contributed by atoms with Crippen molar-refractivity contribution in [2.75, 3.05) is 26.2 Å². The van der Waals surface area contributed by atoms with Gasteiger partial charge in [-0.25, -0.2) is 0 Å². The van der Waals surface area contributed by atoms with Crippen LogP contribution in [0, 0.1) is 12.3 Å². The molecule has 1 spiro atoms. The summed E-state index contributed by atoms with van der Waals surface area (Å²) in [5.74, 6) is 0. The Kier molecular flexibility index (Phi) is 3.74. The molecule has 23 heavy (non-hydrogen) atoms. The third-order valence-corrected chi connectivity index (χ3v) is 5.52. The summed E-state index contributed by atoms with van der Waals surface area (Å²) in [6, 6.07) is 6.84. The Balaban J connectivity index is 1.57. The van der Waals surface area contributed by atoms with E-state index >= 15 is 0 Å². The van der Waals surface area contributed by atoms with Crippen LogP contribution in [0.5, 0.6) is 0 Å². The minimum atomic E-state index is 0.541. The van der Waals surface area contributed by atoms with E-state index in [1.54, 1.807) is 0 Å². The summed E-state index contributed by atoms with van der Waals surface area (Å²) < 4.78 is 1.89. The van der Waals surface area contributed by atoms with Gasteiger partial charge in [-0.15, -0.1) is 0 Å². The molecule has 1 aromatic carbocycles. The van der Waals surface area contributed by atoms with Gasteiger partial charge in [0, 0.05) is 38.4 Å². The maximum Gasteiger partial charge on any atom is 0.0568 e. The van der Waals surface area contributed by atoms with Gasteiger partial charge >= 0.3 is 0 Å². The smallest absolute Gasteiger partial charge is 0.0568 e. The zero-order valence-corrected chi connectivity index (χ0v) is 14.2. The molecule has 122 valence electrons. The van der Waals surface area contributed by atoms with Crippen molar-refractivity contribution in [2.45, 2.75) is 26.3 Å². The Bertz CT molecular complexity index is 697. The van der Waals surface area contributed by atoms with E-state index < -0.39 is 0 Å². The van der Waals surface area contributed by atoms with Crippen LogP contribution >= 0.6 is 0 Å². The molecule has 3 heterocycles. The third kappa shape index (κ3) is 2.93. The van der Waals surface area contributed by atoms with Gasteiger partial charge in [0.2, 0.25) is 0 Å². The number of aromatic nitrogens is 2. The molecule has 2 aliphatic rings. The number of nitrogens with zero attached hydrogens (tertiary/aromatic N) is 3. The number of aryl methyl sites for hydroxylation is 2. The summed E-state index contributed by atoms with van der Waals surface area (Å²) in [5.41, 5.74) is 5.84. The van der Waals surface area contributed by atoms with Gasteiger partial charge in [-0.05, 0) is 49.4 Å². The van der Waals surface area contributed by atoms with Crippen LogP contribution in [-0.4, -0.2) is 40.9 Å². The molecule has 2 aliphatic heterocycles. The lowest BCUT2D eigenvalue weighted by atomic mass is 9.86. The van der Waals surface area contributed by atoms with Crippen LogP contribution in [0.15, 0.2) is 30.6 Å². The fraction of sp³-hybridized carbons (Fsp3) is 0.526. The lowest BCUT2D eigenvalue weighted by Gasteiger charge is -2.23. The van der Waals surface area contributed by atoms with Crippen molar-refractivity contribution in [3.8, 4) is 11.1 Å². The minimum absolute atomic E-state index is 0.541. The Morgan fingerprint density at radius 2 is 2.22 bits per heavy atom. The number of hydrogen-bond acceptors (Lipinski definition) is 3. The van der Waals surface area contributed by atoms with Gasteiger partial charge in [-0.3, -0.25) is 9.58 Å². The van der Waals surface area contributed by atoms with E-state index in [-0.39, 0.29) is 0 Å². The molecule has 1 unspecified atom stereocenters. The van der Waals surface area contributed by atoms with Crippen molar-refractivity contribution in [1.29, 1.82) is 0 Å². The van der Waals surface area contributed by atoms with E-state index in [1.807, 2.05) is 17.9 Å². The molecule has 4 heteroatoms. The molecule has 4 rings (SSSR count). The lowest BCUT2D eigenvalue weighted by molar-refractivity contribution is 0.269. The highest BCUT2D eigenvalue weighted by Gasteiger charge is 2.40. The van der Waals surface area contributed by atoms with Crippen molar-refractivity contribution in [2.24, 2.45) is 12.5 Å². The van der Waals surface area contributed by atoms with Crippen molar-refractivity contribution < 1.29 is 0 Å². The van der Waals surface area contributed by atoms with Gasteiger partial charge in [0.25, 0.3) is 0 Å². The number of benzene rings is 1. The zero-order chi connectivity index (χ0) is 15.9. The van der Waals surface area contributed by atoms with Crippen LogP contribution in [0.4, 0.5) is 0 Å². The van der Waals surface area contributed by atoms with Gasteiger partial charge in [-0.1, -0.05) is 23.8 Å². The topological polar surface area (TPSA) is 33.1 Å². The summed E-state index contributed by atoms with van der Waals surface area (Å²) in [6.45, 7) is 8.07. The molecule has 2 saturated heterocycles. The maximum atomic E-state index is 4.35. The van der Waals surface area contributed by atoms with E-state index in [1.165, 1.54) is 61.3 Å². The number of nitrogens with one attached hydrogen (secondary N) is 1. The van der Waals surface area contributed by atoms with Crippen LogP contribution in [0.2, 0.25) is 0 Å². The second-order valence-corrected chi connectivity index (χ2v) is 7.45. The van der Waals surface area contributed by atoms with E-state index in [0.29, 0.717) is 5.41 Å². The first-order valence-corrected chi connectivity index (χ1v) is 8.65. The molecule has 4 nitrogen and oxygen atoms in total. The predicted molar refractivity (Wildman–Crippen MR) is 93.2 cm³/mol. The Hall–Kier alpha value is -1.65. The Morgan fingerprint density at radius 3 is 2.96 bits per heavy atom. The second kappa shape index (κ2) is 5.77. The van der Waals surface area contributed by atoms with Crippen molar-refractivity contribution >= 4 is 0 Å². The molecule has 1 N–H and O–H groups in total. The molecular formula is C19H26N4. The summed E-state index contributed by atoms with van der Waals surface area (Å²) >= 11 is 0. The summed E-state index contributed by atoms with van der Waals surface area (Å²) in [5, 5.41) is 7.90. The maximum absolute atomic E-state index is 4.35. The number of rotatable bonds is 3. The van der Waals surface area contributed by atoms with Crippen LogP contribution in [-0.2, 0) is 13.6 Å². The monoisotopic (exact) mass is 310 g/mol. The van der Waals surface area contributed by atoms with Crippen molar-refractivity contribution in [1.82, 2.24) is 20.0 Å². The molecular weight excluding hydrogens is 284 g/mol. The van der Waals surface area contributed by atoms with Gasteiger partial charge in [0.05, 0.1) is 6.20 Å². The van der Waals surface area contributed by atoms with E-state index in [2.05, 4.69) is 46.6 Å². The number of hydrogen-bond donors (Lipinski definition) is 1. The van der Waals surface area contributed by atoms with Gasteiger partial charge in [0.15, 0.2) is 0 Å². The third-order valence-electron chi connectivity index (χ3n) is 5.52. The largest absolute Gasteiger partial charge is 0.316 e. The van der Waals surface area contributed by atoms with E-state index in [9.17, 15) is 0 Å². The average molecular weight is 310 g/mol. The molecule has 1 atom stereocenters. The van der Waals surface area contributed by atoms with E-state index in [0.717, 1.165) is 6.54 Å². The predicted octanol–water partition coefficient (Wildman–Crippen LogP) is 2.58. The van der Waals surface area contributed by atoms with Gasteiger partial charge in [-0.2, -0.15) is 5.10 Å². The van der Waals surface area contributed by atoms with E-state index in [4.69, 9.17) is 0 Å². The Labute approximate surface area is 138 Å². The highest BCUT2D eigenvalue weighted by Crippen LogP contribution is 2.37. The second-order valence-electron chi connectivity index (χ2n) is 7.45. The molecule has 2 fully saturated rings. The lowest BCUT2D eigenvalue weighted by Crippen LogP contribution is -2.29. The zero-order valence-electron chi connectivity index (χ0n) is 14.2. The molecule has 2 aromatic rings. The highest BCUT2D eigenvalue weighted by atomic mass is 15.2. The SMILES string of the molecule is Cc1ccc(CN2CCC3(CCNC3)C2)c(-c2cnn(C)c2)c1. The molecule has 0 aliphatic carbocycles. The molecule has 0 bridgehead atoms. The van der Waals surface area contributed by atoms with Crippen LogP contribution in [0.3, 0.4) is 0 Å². The van der Waals surface area contributed by atoms with Crippen LogP contribution < -0.4 is 5.32 Å². The average Bonchev–Trinajstić information content (AvgIpc) is 3.25. The highest BCUT2D eigenvalue weighted by molar-refractivity contribution is 5.66. The fourth-order valence-electron chi connectivity index (χ4n) is 4.20.